The van der Waals surface area contributed by atoms with Gasteiger partial charge < -0.3 is 14.2 Å². The minimum atomic E-state index is -0.409. The van der Waals surface area contributed by atoms with E-state index in [9.17, 15) is 9.59 Å². The first-order valence-corrected chi connectivity index (χ1v) is 18.7. The van der Waals surface area contributed by atoms with Crippen molar-refractivity contribution in [3.63, 3.8) is 0 Å². The molecule has 0 aliphatic heterocycles. The van der Waals surface area contributed by atoms with Gasteiger partial charge in [0, 0.05) is 0 Å². The third-order valence-corrected chi connectivity index (χ3v) is 9.22. The molecule has 0 saturated carbocycles. The maximum Gasteiger partial charge on any atom is 0.343 e. The van der Waals surface area contributed by atoms with Crippen LogP contribution in [0, 0.1) is 0 Å². The average Bonchev–Trinajstić information content (AvgIpc) is 3.13. The van der Waals surface area contributed by atoms with E-state index in [1.807, 2.05) is 61.5 Å². The standard InChI is InChI=1S/C44H56O5/c1-4-6-8-10-11-12-13-14-15-17-30-47-41-27-24-36(25-28-41)35-18-20-37(21-19-35)44(46)49-42-29-26-39-32-38(22-23-40(39)33-42)34(3)43(45)48-31-16-9-7-5-2/h18-29,32-34H,4-17,30-31H2,1-3H3/t34-/m0/s1. The molecule has 0 saturated heterocycles. The molecular formula is C44H56O5. The van der Waals surface area contributed by atoms with Gasteiger partial charge in [-0.2, -0.15) is 0 Å². The van der Waals surface area contributed by atoms with Crippen LogP contribution in [-0.2, 0) is 9.53 Å². The molecule has 5 nitrogen and oxygen atoms in total. The molecule has 0 aliphatic rings. The lowest BCUT2D eigenvalue weighted by Crippen LogP contribution is -2.14. The Morgan fingerprint density at radius 3 is 1.71 bits per heavy atom. The maximum atomic E-state index is 13.0. The number of fused-ring (bicyclic) bond motifs is 1. The Morgan fingerprint density at radius 1 is 0.551 bits per heavy atom. The molecule has 4 rings (SSSR count). The number of hydrogen-bond acceptors (Lipinski definition) is 5. The normalized spacial score (nSPS) is 11.7. The topological polar surface area (TPSA) is 61.8 Å². The number of unbranched alkanes of at least 4 members (excludes halogenated alkanes) is 12. The first-order chi connectivity index (χ1) is 24.0. The van der Waals surface area contributed by atoms with Crippen LogP contribution in [0.15, 0.2) is 84.9 Å². The molecule has 0 unspecified atom stereocenters. The zero-order chi connectivity index (χ0) is 34.7. The van der Waals surface area contributed by atoms with Gasteiger partial charge in [0.05, 0.1) is 24.7 Å². The SMILES string of the molecule is CCCCCCCCCCCCOc1ccc(-c2ccc(C(=O)Oc3ccc4cc([C@H](C)C(=O)OCCCCCC)ccc4c3)cc2)cc1. The van der Waals surface area contributed by atoms with Gasteiger partial charge in [0.1, 0.15) is 11.5 Å². The number of hydrogen-bond donors (Lipinski definition) is 0. The molecule has 5 heteroatoms. The Labute approximate surface area is 294 Å². The van der Waals surface area contributed by atoms with Crippen LogP contribution >= 0.6 is 0 Å². The summed E-state index contributed by atoms with van der Waals surface area (Å²) in [5.74, 6) is 0.405. The molecule has 0 aromatic heterocycles. The van der Waals surface area contributed by atoms with Crippen LogP contribution in [0.5, 0.6) is 11.5 Å². The zero-order valence-electron chi connectivity index (χ0n) is 30.0. The highest BCUT2D eigenvalue weighted by atomic mass is 16.5. The van der Waals surface area contributed by atoms with E-state index in [1.54, 1.807) is 18.2 Å². The van der Waals surface area contributed by atoms with Gasteiger partial charge in [-0.1, -0.05) is 139 Å². The van der Waals surface area contributed by atoms with Gasteiger partial charge in [0.2, 0.25) is 0 Å². The molecular weight excluding hydrogens is 608 g/mol. The minimum Gasteiger partial charge on any atom is -0.494 e. The molecule has 0 aliphatic carbocycles. The fraction of sp³-hybridized carbons (Fsp3) is 0.455. The highest BCUT2D eigenvalue weighted by Crippen LogP contribution is 2.28. The molecule has 262 valence electrons. The summed E-state index contributed by atoms with van der Waals surface area (Å²) in [6, 6.07) is 27.1. The number of ether oxygens (including phenoxy) is 3. The van der Waals surface area contributed by atoms with Crippen LogP contribution in [0.1, 0.15) is 133 Å². The van der Waals surface area contributed by atoms with Gasteiger partial charge in [0.15, 0.2) is 0 Å². The van der Waals surface area contributed by atoms with Gasteiger partial charge in [-0.25, -0.2) is 4.79 Å². The summed E-state index contributed by atoms with van der Waals surface area (Å²) in [6.07, 6.45) is 17.4. The Bertz CT molecular complexity index is 1560. The van der Waals surface area contributed by atoms with Crippen molar-refractivity contribution >= 4 is 22.7 Å². The second-order valence-corrected chi connectivity index (χ2v) is 13.2. The first kappa shape index (κ1) is 37.7. The van der Waals surface area contributed by atoms with E-state index >= 15 is 0 Å². The Hall–Kier alpha value is -4.12. The van der Waals surface area contributed by atoms with Crippen molar-refractivity contribution in [1.29, 1.82) is 0 Å². The fourth-order valence-corrected chi connectivity index (χ4v) is 6.03. The van der Waals surface area contributed by atoms with Crippen molar-refractivity contribution in [3.8, 4) is 22.6 Å². The fourth-order valence-electron chi connectivity index (χ4n) is 6.03. The third-order valence-electron chi connectivity index (χ3n) is 9.22. The van der Waals surface area contributed by atoms with Crippen molar-refractivity contribution in [3.05, 3.63) is 96.1 Å². The summed E-state index contributed by atoms with van der Waals surface area (Å²) in [6.45, 7) is 7.52. The molecule has 0 bridgehead atoms. The molecule has 4 aromatic carbocycles. The smallest absolute Gasteiger partial charge is 0.343 e. The largest absolute Gasteiger partial charge is 0.494 e. The van der Waals surface area contributed by atoms with Gasteiger partial charge >= 0.3 is 11.9 Å². The van der Waals surface area contributed by atoms with Gasteiger partial charge in [-0.05, 0) is 83.6 Å². The molecule has 49 heavy (non-hydrogen) atoms. The van der Waals surface area contributed by atoms with Crippen LogP contribution < -0.4 is 9.47 Å². The van der Waals surface area contributed by atoms with Crippen LogP contribution in [0.2, 0.25) is 0 Å². The number of esters is 2. The lowest BCUT2D eigenvalue weighted by molar-refractivity contribution is -0.145. The van der Waals surface area contributed by atoms with Crippen molar-refractivity contribution in [2.75, 3.05) is 13.2 Å². The van der Waals surface area contributed by atoms with Crippen LogP contribution in [0.3, 0.4) is 0 Å². The molecule has 0 radical (unpaired) electrons. The van der Waals surface area contributed by atoms with E-state index in [2.05, 4.69) is 26.0 Å². The maximum absolute atomic E-state index is 13.0. The molecule has 0 spiro atoms. The average molecular weight is 665 g/mol. The van der Waals surface area contributed by atoms with Crippen molar-refractivity contribution < 1.29 is 23.8 Å². The minimum absolute atomic E-state index is 0.201. The summed E-state index contributed by atoms with van der Waals surface area (Å²) < 4.78 is 17.2. The third kappa shape index (κ3) is 12.7. The summed E-state index contributed by atoms with van der Waals surface area (Å²) >= 11 is 0. The first-order valence-electron chi connectivity index (χ1n) is 18.7. The second-order valence-electron chi connectivity index (χ2n) is 13.2. The highest BCUT2D eigenvalue weighted by Gasteiger charge is 2.17. The van der Waals surface area contributed by atoms with E-state index in [1.165, 1.54) is 57.8 Å². The van der Waals surface area contributed by atoms with Crippen LogP contribution in [0.4, 0.5) is 0 Å². The molecule has 0 heterocycles. The quantitative estimate of drug-likeness (QED) is 0.0475. The van der Waals surface area contributed by atoms with Crippen LogP contribution in [0.25, 0.3) is 21.9 Å². The van der Waals surface area contributed by atoms with E-state index in [-0.39, 0.29) is 11.9 Å². The van der Waals surface area contributed by atoms with Crippen molar-refractivity contribution in [2.24, 2.45) is 0 Å². The van der Waals surface area contributed by atoms with Crippen LogP contribution in [-0.4, -0.2) is 25.2 Å². The Morgan fingerprint density at radius 2 is 1.06 bits per heavy atom. The van der Waals surface area contributed by atoms with Gasteiger partial charge in [0.25, 0.3) is 0 Å². The second kappa shape index (κ2) is 21.1. The van der Waals surface area contributed by atoms with Crippen molar-refractivity contribution in [1.82, 2.24) is 0 Å². The summed E-state index contributed by atoms with van der Waals surface area (Å²) in [4.78, 5) is 25.5. The van der Waals surface area contributed by atoms with Crippen molar-refractivity contribution in [2.45, 2.75) is 117 Å². The predicted molar refractivity (Wildman–Crippen MR) is 202 cm³/mol. The lowest BCUT2D eigenvalue weighted by atomic mass is 9.98. The zero-order valence-corrected chi connectivity index (χ0v) is 30.0. The number of rotatable bonds is 22. The van der Waals surface area contributed by atoms with E-state index < -0.39 is 5.97 Å². The summed E-state index contributed by atoms with van der Waals surface area (Å²) in [7, 11) is 0. The lowest BCUT2D eigenvalue weighted by Gasteiger charge is -2.13. The highest BCUT2D eigenvalue weighted by molar-refractivity contribution is 5.93. The molecule has 0 N–H and O–H groups in total. The Kier molecular flexibility index (Phi) is 16.2. The molecule has 1 atom stereocenters. The molecule has 0 fully saturated rings. The summed E-state index contributed by atoms with van der Waals surface area (Å²) in [5, 5.41) is 1.90. The molecule has 0 amide bonds. The number of carbonyl (C=O) groups is 2. The summed E-state index contributed by atoms with van der Waals surface area (Å²) in [5.41, 5.74) is 3.48. The number of benzene rings is 4. The molecule has 4 aromatic rings. The number of carbonyl (C=O) groups excluding carboxylic acids is 2. The Balaban J connectivity index is 1.20. The van der Waals surface area contributed by atoms with E-state index in [0.717, 1.165) is 71.9 Å². The predicted octanol–water partition coefficient (Wildman–Crippen LogP) is 12.3. The van der Waals surface area contributed by atoms with E-state index in [4.69, 9.17) is 14.2 Å². The van der Waals surface area contributed by atoms with Gasteiger partial charge in [-0.3, -0.25) is 4.79 Å². The van der Waals surface area contributed by atoms with Gasteiger partial charge in [-0.15, -0.1) is 0 Å². The van der Waals surface area contributed by atoms with E-state index in [0.29, 0.717) is 17.9 Å². The monoisotopic (exact) mass is 664 g/mol.